The van der Waals surface area contributed by atoms with Crippen molar-refractivity contribution in [3.05, 3.63) is 41.5 Å². The number of aryl methyl sites for hydroxylation is 1. The minimum absolute atomic E-state index is 0.0399. The van der Waals surface area contributed by atoms with Crippen molar-refractivity contribution in [2.75, 3.05) is 0 Å². The Morgan fingerprint density at radius 3 is 2.48 bits per heavy atom. The van der Waals surface area contributed by atoms with Crippen LogP contribution < -0.4 is 5.32 Å². The Bertz CT molecular complexity index is 874. The Balaban J connectivity index is 1.28. The summed E-state index contributed by atoms with van der Waals surface area (Å²) in [5.74, 6) is 4.50. The first kappa shape index (κ1) is 19.2. The van der Waals surface area contributed by atoms with Crippen molar-refractivity contribution in [2.45, 2.75) is 69.1 Å². The van der Waals surface area contributed by atoms with Crippen molar-refractivity contribution in [2.24, 2.45) is 23.2 Å². The third-order valence-corrected chi connectivity index (χ3v) is 8.46. The fraction of sp³-hybridized carbons (Fsp3) is 0.609. The van der Waals surface area contributed by atoms with Crippen LogP contribution in [0.1, 0.15) is 67.5 Å². The highest BCUT2D eigenvalue weighted by Gasteiger charge is 2.53. The van der Waals surface area contributed by atoms with Crippen LogP contribution in [0.5, 0.6) is 0 Å². The summed E-state index contributed by atoms with van der Waals surface area (Å²) in [4.78, 5) is 18.4. The fourth-order valence-corrected chi connectivity index (χ4v) is 7.34. The number of benzene rings is 1. The molecule has 4 bridgehead atoms. The monoisotopic (exact) mass is 411 g/mol. The van der Waals surface area contributed by atoms with Crippen molar-refractivity contribution >= 4 is 17.7 Å². The second-order valence-electron chi connectivity index (χ2n) is 9.50. The maximum atomic E-state index is 13.2. The third-order valence-electron chi connectivity index (χ3n) is 7.40. The zero-order valence-corrected chi connectivity index (χ0v) is 18.0. The Hall–Kier alpha value is -1.82. The Morgan fingerprint density at radius 2 is 1.86 bits per heavy atom. The van der Waals surface area contributed by atoms with E-state index in [9.17, 15) is 4.79 Å². The summed E-state index contributed by atoms with van der Waals surface area (Å²) < 4.78 is 5.21. The summed E-state index contributed by atoms with van der Waals surface area (Å²) in [6, 6.07) is 8.05. The SMILES string of the molecule is Cc1noc(CSc2ccccc2C(=O)NC(C)C23CC4CC(CC(C4)C2)C3)n1. The van der Waals surface area contributed by atoms with E-state index >= 15 is 0 Å². The molecule has 4 fully saturated rings. The minimum atomic E-state index is 0.0399. The molecule has 1 N–H and O–H groups in total. The van der Waals surface area contributed by atoms with E-state index in [2.05, 4.69) is 22.4 Å². The van der Waals surface area contributed by atoms with Gasteiger partial charge in [-0.2, -0.15) is 4.98 Å². The Morgan fingerprint density at radius 1 is 1.21 bits per heavy atom. The van der Waals surface area contributed by atoms with Crippen molar-refractivity contribution in [1.82, 2.24) is 15.5 Å². The molecule has 0 aliphatic heterocycles. The number of rotatable bonds is 6. The summed E-state index contributed by atoms with van der Waals surface area (Å²) in [5, 5.41) is 7.23. The highest BCUT2D eigenvalue weighted by atomic mass is 32.2. The second-order valence-corrected chi connectivity index (χ2v) is 10.5. The van der Waals surface area contributed by atoms with Gasteiger partial charge in [-0.15, -0.1) is 11.8 Å². The molecule has 1 amide bonds. The number of hydrogen-bond acceptors (Lipinski definition) is 5. The molecule has 1 atom stereocenters. The van der Waals surface area contributed by atoms with Gasteiger partial charge in [0, 0.05) is 10.9 Å². The molecule has 1 aromatic carbocycles. The molecule has 4 aliphatic carbocycles. The van der Waals surface area contributed by atoms with Gasteiger partial charge in [-0.05, 0) is 87.7 Å². The van der Waals surface area contributed by atoms with Crippen molar-refractivity contribution in [1.29, 1.82) is 0 Å². The number of nitrogens with zero attached hydrogens (tertiary/aromatic N) is 2. The zero-order chi connectivity index (χ0) is 20.0. The number of aromatic nitrogens is 2. The quantitative estimate of drug-likeness (QED) is 0.677. The summed E-state index contributed by atoms with van der Waals surface area (Å²) >= 11 is 1.57. The van der Waals surface area contributed by atoms with Crippen LogP contribution in [-0.4, -0.2) is 22.1 Å². The summed E-state index contributed by atoms with van der Waals surface area (Å²) in [6.07, 6.45) is 8.17. The lowest BCUT2D eigenvalue weighted by Crippen LogP contribution is -2.55. The second kappa shape index (κ2) is 7.46. The predicted molar refractivity (Wildman–Crippen MR) is 113 cm³/mol. The molecule has 4 aliphatic rings. The van der Waals surface area contributed by atoms with Gasteiger partial charge in [0.1, 0.15) is 0 Å². The van der Waals surface area contributed by atoms with Crippen molar-refractivity contribution in [3.63, 3.8) is 0 Å². The molecule has 0 radical (unpaired) electrons. The van der Waals surface area contributed by atoms with Crippen LogP contribution in [0.2, 0.25) is 0 Å². The molecule has 1 aromatic heterocycles. The van der Waals surface area contributed by atoms with E-state index in [1.807, 2.05) is 31.2 Å². The van der Waals surface area contributed by atoms with Crippen LogP contribution in [0.25, 0.3) is 0 Å². The molecule has 1 unspecified atom stereocenters. The first-order chi connectivity index (χ1) is 14.0. The van der Waals surface area contributed by atoms with E-state index in [1.54, 1.807) is 11.8 Å². The van der Waals surface area contributed by atoms with Gasteiger partial charge in [0.2, 0.25) is 5.89 Å². The topological polar surface area (TPSA) is 68.0 Å². The van der Waals surface area contributed by atoms with E-state index < -0.39 is 0 Å². The van der Waals surface area contributed by atoms with Gasteiger partial charge in [-0.25, -0.2) is 0 Å². The number of carbonyl (C=O) groups excluding carboxylic acids is 1. The Kier molecular flexibility index (Phi) is 4.93. The smallest absolute Gasteiger partial charge is 0.252 e. The van der Waals surface area contributed by atoms with Gasteiger partial charge in [0.25, 0.3) is 5.91 Å². The third kappa shape index (κ3) is 3.72. The molecule has 5 nitrogen and oxygen atoms in total. The van der Waals surface area contributed by atoms with E-state index in [-0.39, 0.29) is 11.9 Å². The van der Waals surface area contributed by atoms with Gasteiger partial charge in [-0.1, -0.05) is 17.3 Å². The van der Waals surface area contributed by atoms with Crippen molar-refractivity contribution < 1.29 is 9.32 Å². The number of nitrogens with one attached hydrogen (secondary N) is 1. The molecule has 154 valence electrons. The maximum Gasteiger partial charge on any atom is 0.252 e. The molecule has 29 heavy (non-hydrogen) atoms. The van der Waals surface area contributed by atoms with Crippen molar-refractivity contribution in [3.8, 4) is 0 Å². The first-order valence-corrected chi connectivity index (χ1v) is 11.8. The highest BCUT2D eigenvalue weighted by Crippen LogP contribution is 2.61. The van der Waals surface area contributed by atoms with Gasteiger partial charge in [-0.3, -0.25) is 4.79 Å². The molecule has 6 rings (SSSR count). The van der Waals surface area contributed by atoms with Gasteiger partial charge >= 0.3 is 0 Å². The van der Waals surface area contributed by atoms with Crippen LogP contribution in [0.4, 0.5) is 0 Å². The normalized spacial score (nSPS) is 31.0. The average molecular weight is 412 g/mol. The molecular weight excluding hydrogens is 382 g/mol. The molecule has 6 heteroatoms. The van der Waals surface area contributed by atoms with Crippen LogP contribution in [0.3, 0.4) is 0 Å². The molecule has 4 saturated carbocycles. The van der Waals surface area contributed by atoms with Crippen LogP contribution >= 0.6 is 11.8 Å². The van der Waals surface area contributed by atoms with E-state index in [4.69, 9.17) is 4.52 Å². The number of carbonyl (C=O) groups is 1. The van der Waals surface area contributed by atoms with Gasteiger partial charge in [0.15, 0.2) is 5.82 Å². The fourth-order valence-electron chi connectivity index (χ4n) is 6.45. The molecular formula is C23H29N3O2S. The molecule has 2 aromatic rings. The highest BCUT2D eigenvalue weighted by molar-refractivity contribution is 7.98. The van der Waals surface area contributed by atoms with E-state index in [0.29, 0.717) is 22.9 Å². The first-order valence-electron chi connectivity index (χ1n) is 10.8. The minimum Gasteiger partial charge on any atom is -0.349 e. The predicted octanol–water partition coefficient (Wildman–Crippen LogP) is 5.01. The number of thioether (sulfide) groups is 1. The largest absolute Gasteiger partial charge is 0.349 e. The molecule has 1 heterocycles. The van der Waals surface area contributed by atoms with Crippen LogP contribution in [0.15, 0.2) is 33.7 Å². The Labute approximate surface area is 176 Å². The average Bonchev–Trinajstić information content (AvgIpc) is 3.10. The van der Waals surface area contributed by atoms with E-state index in [1.165, 1.54) is 38.5 Å². The summed E-state index contributed by atoms with van der Waals surface area (Å²) in [6.45, 7) is 4.05. The lowest BCUT2D eigenvalue weighted by Gasteiger charge is -2.59. The van der Waals surface area contributed by atoms with Gasteiger partial charge < -0.3 is 9.84 Å². The van der Waals surface area contributed by atoms with Crippen LogP contribution in [-0.2, 0) is 5.75 Å². The summed E-state index contributed by atoms with van der Waals surface area (Å²) in [5.41, 5.74) is 1.05. The standard InChI is InChI=1S/C23H29N3O2S/c1-14(23-10-16-7-17(11-23)9-18(8-16)12-23)24-22(27)19-5-3-4-6-20(19)29-13-21-25-15(2)26-28-21/h3-6,14,16-18H,7-13H2,1-2H3,(H,24,27). The lowest BCUT2D eigenvalue weighted by atomic mass is 9.48. The van der Waals surface area contributed by atoms with E-state index in [0.717, 1.165) is 28.2 Å². The molecule has 0 spiro atoms. The van der Waals surface area contributed by atoms with Gasteiger partial charge in [0.05, 0.1) is 11.3 Å². The summed E-state index contributed by atoms with van der Waals surface area (Å²) in [7, 11) is 0. The lowest BCUT2D eigenvalue weighted by molar-refractivity contribution is -0.0688. The zero-order valence-electron chi connectivity index (χ0n) is 17.2. The number of amides is 1. The molecule has 0 saturated heterocycles. The maximum absolute atomic E-state index is 13.2. The number of hydrogen-bond donors (Lipinski definition) is 1. The van der Waals surface area contributed by atoms with Crippen LogP contribution in [0, 0.1) is 30.1 Å².